The highest BCUT2D eigenvalue weighted by atomic mass is 16.5. The first-order valence-corrected chi connectivity index (χ1v) is 8.02. The van der Waals surface area contributed by atoms with E-state index in [9.17, 15) is 5.11 Å². The van der Waals surface area contributed by atoms with Crippen LogP contribution in [-0.4, -0.2) is 12.2 Å². The first-order chi connectivity index (χ1) is 9.62. The topological polar surface area (TPSA) is 29.5 Å². The van der Waals surface area contributed by atoms with Gasteiger partial charge in [-0.25, -0.2) is 0 Å². The van der Waals surface area contributed by atoms with Gasteiger partial charge in [0.2, 0.25) is 0 Å². The third-order valence-electron chi connectivity index (χ3n) is 4.80. The number of hydrogen-bond acceptors (Lipinski definition) is 2. The predicted octanol–water partition coefficient (Wildman–Crippen LogP) is 4.44. The molecule has 1 aromatic carbocycles. The molecule has 0 heterocycles. The summed E-state index contributed by atoms with van der Waals surface area (Å²) in [5, 5.41) is 11.1. The zero-order chi connectivity index (χ0) is 14.6. The summed E-state index contributed by atoms with van der Waals surface area (Å²) in [6, 6.07) is 6.15. The molecule has 0 radical (unpaired) electrons. The lowest BCUT2D eigenvalue weighted by Crippen LogP contribution is -2.26. The second-order valence-electron chi connectivity index (χ2n) is 6.18. The molecule has 1 aromatic rings. The van der Waals surface area contributed by atoms with Crippen molar-refractivity contribution in [1.82, 2.24) is 0 Å². The number of fused-ring (bicyclic) bond motifs is 1. The van der Waals surface area contributed by atoms with Crippen LogP contribution in [0, 0.1) is 5.92 Å². The Morgan fingerprint density at radius 1 is 1.35 bits per heavy atom. The molecule has 20 heavy (non-hydrogen) atoms. The van der Waals surface area contributed by atoms with E-state index in [-0.39, 0.29) is 0 Å². The lowest BCUT2D eigenvalue weighted by atomic mass is 9.82. The van der Waals surface area contributed by atoms with E-state index in [0.29, 0.717) is 5.92 Å². The van der Waals surface area contributed by atoms with Gasteiger partial charge in [0.05, 0.1) is 12.7 Å². The zero-order valence-corrected chi connectivity index (χ0v) is 13.1. The van der Waals surface area contributed by atoms with Gasteiger partial charge in [-0.1, -0.05) is 45.6 Å². The van der Waals surface area contributed by atoms with Gasteiger partial charge in [-0.2, -0.15) is 0 Å². The number of hydrogen-bond donors (Lipinski definition) is 1. The van der Waals surface area contributed by atoms with E-state index in [1.165, 1.54) is 24.8 Å². The Morgan fingerprint density at radius 2 is 2.15 bits per heavy atom. The van der Waals surface area contributed by atoms with Crippen LogP contribution in [-0.2, 0) is 12.0 Å². The van der Waals surface area contributed by atoms with Crippen molar-refractivity contribution in [1.29, 1.82) is 0 Å². The summed E-state index contributed by atoms with van der Waals surface area (Å²) in [5.41, 5.74) is 1.75. The Morgan fingerprint density at radius 3 is 2.80 bits per heavy atom. The van der Waals surface area contributed by atoms with Crippen molar-refractivity contribution in [3.05, 3.63) is 29.3 Å². The third-order valence-corrected chi connectivity index (χ3v) is 4.80. The molecule has 0 amide bonds. The monoisotopic (exact) mass is 276 g/mol. The number of methoxy groups -OCH3 is 1. The van der Waals surface area contributed by atoms with E-state index in [4.69, 9.17) is 4.74 Å². The molecule has 2 rings (SSSR count). The van der Waals surface area contributed by atoms with Gasteiger partial charge in [0.1, 0.15) is 5.75 Å². The summed E-state index contributed by atoms with van der Waals surface area (Å²) < 4.78 is 5.32. The van der Waals surface area contributed by atoms with Crippen molar-refractivity contribution in [2.24, 2.45) is 5.92 Å². The highest BCUT2D eigenvalue weighted by Crippen LogP contribution is 2.43. The maximum Gasteiger partial charge on any atom is 0.119 e. The summed E-state index contributed by atoms with van der Waals surface area (Å²) in [4.78, 5) is 0. The Balaban J connectivity index is 2.16. The fraction of sp³-hybridized carbons (Fsp3) is 0.667. The van der Waals surface area contributed by atoms with Gasteiger partial charge in [-0.05, 0) is 48.4 Å². The van der Waals surface area contributed by atoms with E-state index in [1.54, 1.807) is 7.11 Å². The Hall–Kier alpha value is -1.02. The molecule has 0 aliphatic heterocycles. The smallest absolute Gasteiger partial charge is 0.119 e. The number of benzene rings is 1. The zero-order valence-electron chi connectivity index (χ0n) is 13.1. The van der Waals surface area contributed by atoms with E-state index >= 15 is 0 Å². The van der Waals surface area contributed by atoms with E-state index < -0.39 is 5.60 Å². The molecule has 2 unspecified atom stereocenters. The number of rotatable bonds is 7. The normalized spacial score (nSPS) is 22.6. The number of unbranched alkanes of at least 4 members (excludes halogenated alkanes) is 1. The van der Waals surface area contributed by atoms with Gasteiger partial charge >= 0.3 is 0 Å². The van der Waals surface area contributed by atoms with Crippen molar-refractivity contribution < 1.29 is 9.84 Å². The summed E-state index contributed by atoms with van der Waals surface area (Å²) in [6.07, 6.45) is 7.62. The average molecular weight is 276 g/mol. The van der Waals surface area contributed by atoms with Gasteiger partial charge < -0.3 is 9.84 Å². The molecule has 0 saturated carbocycles. The van der Waals surface area contributed by atoms with Gasteiger partial charge in [-0.15, -0.1) is 0 Å². The van der Waals surface area contributed by atoms with Crippen LogP contribution < -0.4 is 4.74 Å². The lowest BCUT2D eigenvalue weighted by molar-refractivity contribution is 0.0104. The second kappa shape index (κ2) is 6.62. The van der Waals surface area contributed by atoms with Crippen LogP contribution in [0.25, 0.3) is 0 Å². The molecular formula is C18H28O2. The van der Waals surface area contributed by atoms with Gasteiger partial charge in [0.25, 0.3) is 0 Å². The Kier molecular flexibility index (Phi) is 5.09. The summed E-state index contributed by atoms with van der Waals surface area (Å²) >= 11 is 0. The highest BCUT2D eigenvalue weighted by Gasteiger charge is 2.38. The molecule has 2 atom stereocenters. The molecule has 0 bridgehead atoms. The molecule has 112 valence electrons. The van der Waals surface area contributed by atoms with Crippen LogP contribution in [0.3, 0.4) is 0 Å². The predicted molar refractivity (Wildman–Crippen MR) is 83.1 cm³/mol. The molecule has 2 heteroatoms. The summed E-state index contributed by atoms with van der Waals surface area (Å²) in [7, 11) is 1.69. The first-order valence-electron chi connectivity index (χ1n) is 8.02. The highest BCUT2D eigenvalue weighted by molar-refractivity contribution is 5.42. The van der Waals surface area contributed by atoms with Crippen LogP contribution >= 0.6 is 0 Å². The Bertz CT molecular complexity index is 441. The van der Waals surface area contributed by atoms with E-state index in [2.05, 4.69) is 19.9 Å². The fourth-order valence-electron chi connectivity index (χ4n) is 3.44. The minimum absolute atomic E-state index is 0.622. The molecule has 0 spiro atoms. The second-order valence-corrected chi connectivity index (χ2v) is 6.18. The van der Waals surface area contributed by atoms with Crippen LogP contribution in [0.2, 0.25) is 0 Å². The SMILES string of the molecule is CCCCC(CC)CC1(O)CCc2ccc(OC)cc21. The quantitative estimate of drug-likeness (QED) is 0.798. The number of ether oxygens (including phenoxy) is 1. The number of aliphatic hydroxyl groups is 1. The van der Waals surface area contributed by atoms with Crippen molar-refractivity contribution in [2.45, 2.75) is 64.4 Å². The van der Waals surface area contributed by atoms with Crippen molar-refractivity contribution in [3.8, 4) is 5.75 Å². The minimum atomic E-state index is -0.641. The van der Waals surface area contributed by atoms with Crippen molar-refractivity contribution in [2.75, 3.05) is 7.11 Å². The van der Waals surface area contributed by atoms with Crippen LogP contribution in [0.4, 0.5) is 0 Å². The third kappa shape index (κ3) is 3.17. The molecule has 0 fully saturated rings. The molecular weight excluding hydrogens is 248 g/mol. The maximum atomic E-state index is 11.1. The molecule has 1 N–H and O–H groups in total. The fourth-order valence-corrected chi connectivity index (χ4v) is 3.44. The number of aryl methyl sites for hydroxylation is 1. The van der Waals surface area contributed by atoms with Crippen LogP contribution in [0.5, 0.6) is 5.75 Å². The molecule has 1 aliphatic rings. The van der Waals surface area contributed by atoms with Crippen LogP contribution in [0.15, 0.2) is 18.2 Å². The molecule has 0 saturated heterocycles. The maximum absolute atomic E-state index is 11.1. The van der Waals surface area contributed by atoms with Crippen molar-refractivity contribution in [3.63, 3.8) is 0 Å². The standard InChI is InChI=1S/C18H28O2/c1-4-6-7-14(5-2)13-18(19)11-10-15-8-9-16(20-3)12-17(15)18/h8-9,12,14,19H,4-7,10-11,13H2,1-3H3. The van der Waals surface area contributed by atoms with Crippen LogP contribution in [0.1, 0.15) is 63.5 Å². The van der Waals surface area contributed by atoms with E-state index in [1.807, 2.05) is 12.1 Å². The minimum Gasteiger partial charge on any atom is -0.497 e. The lowest BCUT2D eigenvalue weighted by Gasteiger charge is -2.29. The largest absolute Gasteiger partial charge is 0.497 e. The molecule has 2 nitrogen and oxygen atoms in total. The summed E-state index contributed by atoms with van der Waals surface area (Å²) in [5.74, 6) is 1.47. The van der Waals surface area contributed by atoms with Gasteiger partial charge in [0, 0.05) is 0 Å². The average Bonchev–Trinajstić information content (AvgIpc) is 2.80. The van der Waals surface area contributed by atoms with E-state index in [0.717, 1.165) is 37.0 Å². The molecule has 0 aromatic heterocycles. The summed E-state index contributed by atoms with van der Waals surface area (Å²) in [6.45, 7) is 4.47. The molecule has 1 aliphatic carbocycles. The van der Waals surface area contributed by atoms with Crippen molar-refractivity contribution >= 4 is 0 Å². The first kappa shape index (κ1) is 15.4. The van der Waals surface area contributed by atoms with Gasteiger partial charge in [-0.3, -0.25) is 0 Å². The van der Waals surface area contributed by atoms with Gasteiger partial charge in [0.15, 0.2) is 0 Å². The Labute approximate surface area is 123 Å².